The number of piperidine rings is 1. The molecule has 2 fully saturated rings. The van der Waals surface area contributed by atoms with Crippen molar-refractivity contribution in [2.75, 3.05) is 31.5 Å². The van der Waals surface area contributed by atoms with E-state index in [1.165, 1.54) is 30.7 Å². The fourth-order valence-corrected chi connectivity index (χ4v) is 4.68. The van der Waals surface area contributed by atoms with E-state index < -0.39 is 12.3 Å². The number of hydrogen-bond acceptors (Lipinski definition) is 6. The van der Waals surface area contributed by atoms with Crippen LogP contribution in [-0.4, -0.2) is 69.0 Å². The van der Waals surface area contributed by atoms with Crippen LogP contribution in [0.1, 0.15) is 16.1 Å². The van der Waals surface area contributed by atoms with E-state index in [2.05, 4.69) is 30.2 Å². The van der Waals surface area contributed by atoms with E-state index in [-0.39, 0.29) is 17.4 Å². The molecule has 1 saturated carbocycles. The van der Waals surface area contributed by atoms with Gasteiger partial charge in [-0.25, -0.2) is 9.78 Å². The topological polar surface area (TPSA) is 124 Å². The number of carbonyl (C=O) groups is 2. The van der Waals surface area contributed by atoms with Crippen molar-refractivity contribution in [3.05, 3.63) is 77.9 Å². The van der Waals surface area contributed by atoms with Gasteiger partial charge < -0.3 is 25.0 Å². The molecule has 2 aliphatic rings. The summed E-state index contributed by atoms with van der Waals surface area (Å²) in [5, 5.41) is 15.7. The van der Waals surface area contributed by atoms with Gasteiger partial charge in [0, 0.05) is 32.5 Å². The molecule has 3 heterocycles. The summed E-state index contributed by atoms with van der Waals surface area (Å²) in [6.45, 7) is 3.16. The second kappa shape index (κ2) is 12.3. The van der Waals surface area contributed by atoms with Gasteiger partial charge >= 0.3 is 12.3 Å². The molecular weight excluding hydrogens is 517 g/mol. The Morgan fingerprint density at radius 2 is 1.97 bits per heavy atom. The van der Waals surface area contributed by atoms with Crippen molar-refractivity contribution in [1.29, 1.82) is 0 Å². The number of likely N-dealkylation sites (tertiary alicyclic amines) is 1. The smallest absolute Gasteiger partial charge is 0.573 e. The lowest BCUT2D eigenvalue weighted by molar-refractivity contribution is -0.274. The zero-order valence-electron chi connectivity index (χ0n) is 21.1. The summed E-state index contributed by atoms with van der Waals surface area (Å²) in [7, 11) is 1.72. The standard InChI is InChI=1S/C21H22F3N4O2.C5H6N2O2/c22-21(23,24)30-16-5-1-3-14(7-16)8-26-10-17-18-11-28(12-19(17)18)13-20(29)27-15-4-2-6-25-9-15;1-7-2-4(5(8)9)6-3-7/h1-7,9,17-19H,8,10-13H2,(H,27,29);2-3H,1H3,(H,8,9)/q-1;. The molecule has 2 aromatic heterocycles. The Kier molecular flexibility index (Phi) is 8.82. The molecule has 1 aliphatic heterocycles. The number of carboxylic acid groups (broad SMARTS) is 1. The number of nitrogens with one attached hydrogen (secondary N) is 1. The average molecular weight is 546 g/mol. The first kappa shape index (κ1) is 28.0. The van der Waals surface area contributed by atoms with Crippen molar-refractivity contribution < 1.29 is 32.6 Å². The minimum atomic E-state index is -4.69. The Morgan fingerprint density at radius 1 is 1.21 bits per heavy atom. The van der Waals surface area contributed by atoms with Gasteiger partial charge in [0.15, 0.2) is 5.69 Å². The molecule has 39 heavy (non-hydrogen) atoms. The molecule has 13 heteroatoms. The molecule has 1 aromatic carbocycles. The minimum Gasteiger partial charge on any atom is -0.658 e. The predicted octanol–water partition coefficient (Wildman–Crippen LogP) is 3.79. The van der Waals surface area contributed by atoms with Crippen LogP contribution in [0.2, 0.25) is 0 Å². The number of aryl methyl sites for hydroxylation is 1. The zero-order valence-corrected chi connectivity index (χ0v) is 21.1. The molecule has 0 radical (unpaired) electrons. The van der Waals surface area contributed by atoms with Gasteiger partial charge in [-0.05, 0) is 36.1 Å². The number of alkyl halides is 3. The molecule has 2 unspecified atom stereocenters. The molecule has 0 bridgehead atoms. The maximum Gasteiger partial charge on any atom is 0.573 e. The fourth-order valence-electron chi connectivity index (χ4n) is 4.68. The monoisotopic (exact) mass is 545 g/mol. The maximum absolute atomic E-state index is 12.3. The lowest BCUT2D eigenvalue weighted by Crippen LogP contribution is -2.33. The summed E-state index contributed by atoms with van der Waals surface area (Å²) < 4.78 is 42.5. The van der Waals surface area contributed by atoms with Crippen LogP contribution in [0, 0.1) is 17.8 Å². The molecule has 1 saturated heterocycles. The molecular formula is C26H28F3N6O4-. The average Bonchev–Trinajstić information content (AvgIpc) is 3.18. The number of carboxylic acids is 1. The van der Waals surface area contributed by atoms with Gasteiger partial charge in [-0.15, -0.1) is 26.3 Å². The van der Waals surface area contributed by atoms with Crippen molar-refractivity contribution in [3.63, 3.8) is 0 Å². The number of pyridine rings is 1. The van der Waals surface area contributed by atoms with Crippen LogP contribution >= 0.6 is 0 Å². The van der Waals surface area contributed by atoms with Crippen molar-refractivity contribution >= 4 is 17.6 Å². The number of aromatic nitrogens is 3. The number of nitrogens with zero attached hydrogens (tertiary/aromatic N) is 5. The van der Waals surface area contributed by atoms with Crippen LogP contribution in [0.5, 0.6) is 5.75 Å². The van der Waals surface area contributed by atoms with Gasteiger partial charge in [0.1, 0.15) is 5.75 Å². The summed E-state index contributed by atoms with van der Waals surface area (Å²) in [4.78, 5) is 32.0. The van der Waals surface area contributed by atoms with Crippen LogP contribution in [0.25, 0.3) is 5.32 Å². The fraction of sp³-hybridized carbons (Fsp3) is 0.385. The van der Waals surface area contributed by atoms with Gasteiger partial charge in [-0.2, -0.15) is 0 Å². The van der Waals surface area contributed by atoms with Crippen molar-refractivity contribution in [2.45, 2.75) is 12.9 Å². The number of anilines is 1. The predicted molar refractivity (Wildman–Crippen MR) is 135 cm³/mol. The number of benzene rings is 1. The first-order valence-electron chi connectivity index (χ1n) is 12.2. The molecule has 10 nitrogen and oxygen atoms in total. The number of hydrogen-bond donors (Lipinski definition) is 2. The molecule has 2 atom stereocenters. The molecule has 2 N–H and O–H groups in total. The first-order chi connectivity index (χ1) is 18.6. The minimum absolute atomic E-state index is 0.0495. The van der Waals surface area contributed by atoms with Gasteiger partial charge in [-0.1, -0.05) is 23.6 Å². The number of ether oxygens (including phenoxy) is 1. The molecule has 3 aromatic rings. The summed E-state index contributed by atoms with van der Waals surface area (Å²) in [5.41, 5.74) is 1.46. The van der Waals surface area contributed by atoms with Gasteiger partial charge in [0.05, 0.1) is 24.8 Å². The number of rotatable bonds is 9. The highest BCUT2D eigenvalue weighted by atomic mass is 19.4. The lowest BCUT2D eigenvalue weighted by Gasteiger charge is -2.24. The van der Waals surface area contributed by atoms with Crippen LogP contribution in [0.3, 0.4) is 0 Å². The molecule has 1 amide bonds. The summed E-state index contributed by atoms with van der Waals surface area (Å²) in [5.74, 6) is 0.317. The lowest BCUT2D eigenvalue weighted by atomic mass is 10.2. The van der Waals surface area contributed by atoms with E-state index in [0.717, 1.165) is 13.1 Å². The van der Waals surface area contributed by atoms with Gasteiger partial charge in [0.25, 0.3) is 0 Å². The quantitative estimate of drug-likeness (QED) is 0.419. The second-order valence-corrected chi connectivity index (χ2v) is 9.46. The second-order valence-electron chi connectivity index (χ2n) is 9.46. The summed E-state index contributed by atoms with van der Waals surface area (Å²) >= 11 is 0. The number of aromatic carboxylic acids is 1. The zero-order chi connectivity index (χ0) is 28.0. The van der Waals surface area contributed by atoms with E-state index in [1.807, 2.05) is 0 Å². The molecule has 5 rings (SSSR count). The Labute approximate surface area is 222 Å². The third-order valence-corrected chi connectivity index (χ3v) is 6.45. The third kappa shape index (κ3) is 8.52. The summed E-state index contributed by atoms with van der Waals surface area (Å²) in [6.07, 6.45) is 1.47. The number of imidazole rings is 1. The van der Waals surface area contributed by atoms with Gasteiger partial charge in [0.2, 0.25) is 5.91 Å². The van der Waals surface area contributed by atoms with Gasteiger partial charge in [-0.3, -0.25) is 14.7 Å². The van der Waals surface area contributed by atoms with Crippen LogP contribution < -0.4 is 10.1 Å². The van der Waals surface area contributed by atoms with E-state index in [4.69, 9.17) is 5.11 Å². The van der Waals surface area contributed by atoms with E-state index >= 15 is 0 Å². The normalized spacial score (nSPS) is 19.9. The Hall–Kier alpha value is -3.97. The third-order valence-electron chi connectivity index (χ3n) is 6.45. The van der Waals surface area contributed by atoms with Crippen LogP contribution in [-0.2, 0) is 18.4 Å². The van der Waals surface area contributed by atoms with Crippen LogP contribution in [0.15, 0.2) is 61.3 Å². The molecule has 0 spiro atoms. The van der Waals surface area contributed by atoms with Crippen molar-refractivity contribution in [2.24, 2.45) is 24.8 Å². The van der Waals surface area contributed by atoms with E-state index in [0.29, 0.717) is 48.6 Å². The van der Waals surface area contributed by atoms with E-state index in [1.54, 1.807) is 42.2 Å². The highest BCUT2D eigenvalue weighted by molar-refractivity contribution is 5.92. The maximum atomic E-state index is 12.3. The number of halogens is 3. The number of amides is 1. The first-order valence-corrected chi connectivity index (χ1v) is 12.2. The summed E-state index contributed by atoms with van der Waals surface area (Å²) in [6, 6.07) is 9.49. The SMILES string of the molecule is Cn1cnc(C(=O)O)c1.O=C(CN1CC2C(C[N-]Cc3cccc(OC(F)(F)F)c3)C2C1)Nc1cccnc1. The number of fused-ring (bicyclic) bond motifs is 1. The highest BCUT2D eigenvalue weighted by Gasteiger charge is 2.53. The van der Waals surface area contributed by atoms with Crippen molar-refractivity contribution in [3.8, 4) is 5.75 Å². The largest absolute Gasteiger partial charge is 0.658 e. The Morgan fingerprint density at radius 3 is 2.56 bits per heavy atom. The Balaban J connectivity index is 0.000000333. The molecule has 208 valence electrons. The van der Waals surface area contributed by atoms with Crippen molar-refractivity contribution in [1.82, 2.24) is 19.4 Å². The van der Waals surface area contributed by atoms with E-state index in [9.17, 15) is 22.8 Å². The number of carbonyl (C=O) groups excluding carboxylic acids is 1. The Bertz CT molecular complexity index is 1260. The highest BCUT2D eigenvalue weighted by Crippen LogP contribution is 2.52. The molecule has 1 aliphatic carbocycles. The van der Waals surface area contributed by atoms with Crippen LogP contribution in [0.4, 0.5) is 18.9 Å².